The molecule has 0 fully saturated rings. The Hall–Kier alpha value is -1.06. The molecule has 0 saturated heterocycles. The van der Waals surface area contributed by atoms with Gasteiger partial charge in [0.15, 0.2) is 0 Å². The molecule has 0 aromatic heterocycles. The van der Waals surface area contributed by atoms with Crippen LogP contribution in [0.3, 0.4) is 0 Å². The summed E-state index contributed by atoms with van der Waals surface area (Å²) in [5.74, 6) is 0.930. The van der Waals surface area contributed by atoms with Crippen LogP contribution in [-0.4, -0.2) is 25.9 Å². The molecule has 108 valence electrons. The summed E-state index contributed by atoms with van der Waals surface area (Å²) in [5, 5.41) is 3.52. The number of hydrogen-bond donors (Lipinski definition) is 1. The third-order valence-electron chi connectivity index (χ3n) is 3.22. The summed E-state index contributed by atoms with van der Waals surface area (Å²) in [7, 11) is 1.71. The second kappa shape index (κ2) is 6.92. The predicted molar refractivity (Wildman–Crippen MR) is 79.9 cm³/mol. The molecule has 1 atom stereocenters. The largest absolute Gasteiger partial charge is 0.496 e. The fourth-order valence-corrected chi connectivity index (χ4v) is 2.14. The molecule has 1 aromatic rings. The average Bonchev–Trinajstić information content (AvgIpc) is 2.36. The molecule has 1 unspecified atom stereocenters. The molecule has 1 N–H and O–H groups in total. The number of rotatable bonds is 7. The van der Waals surface area contributed by atoms with Crippen molar-refractivity contribution in [1.82, 2.24) is 5.32 Å². The van der Waals surface area contributed by atoms with E-state index in [-0.39, 0.29) is 11.6 Å². The minimum Gasteiger partial charge on any atom is -0.496 e. The van der Waals surface area contributed by atoms with Gasteiger partial charge in [-0.3, -0.25) is 0 Å². The highest BCUT2D eigenvalue weighted by atomic mass is 16.5. The van der Waals surface area contributed by atoms with Crippen molar-refractivity contribution in [1.29, 1.82) is 0 Å². The number of benzene rings is 1. The van der Waals surface area contributed by atoms with E-state index in [1.807, 2.05) is 13.0 Å². The van der Waals surface area contributed by atoms with Crippen LogP contribution in [0.1, 0.15) is 44.9 Å². The number of nitrogens with one attached hydrogen (secondary N) is 1. The van der Waals surface area contributed by atoms with Crippen LogP contribution in [0.15, 0.2) is 18.2 Å². The summed E-state index contributed by atoms with van der Waals surface area (Å²) in [6, 6.07) is 6.49. The predicted octanol–water partition coefficient (Wildman–Crippen LogP) is 3.47. The Bertz CT molecular complexity index is 402. The molecule has 0 bridgehead atoms. The van der Waals surface area contributed by atoms with Crippen molar-refractivity contribution in [2.24, 2.45) is 0 Å². The fraction of sp³-hybridized carbons (Fsp3) is 0.625. The van der Waals surface area contributed by atoms with Gasteiger partial charge in [0.2, 0.25) is 0 Å². The zero-order chi connectivity index (χ0) is 14.5. The molecule has 1 aromatic carbocycles. The lowest BCUT2D eigenvalue weighted by Gasteiger charge is -2.27. The van der Waals surface area contributed by atoms with Crippen LogP contribution in [0.5, 0.6) is 5.75 Å². The molecule has 0 aliphatic carbocycles. The molecule has 3 nitrogen and oxygen atoms in total. The van der Waals surface area contributed by atoms with Gasteiger partial charge in [-0.2, -0.15) is 0 Å². The Kier molecular flexibility index (Phi) is 5.83. The SMILES string of the molecule is CCOC(C)(C)CNC(C)c1cc(C)ccc1OC. The molecule has 3 heteroatoms. The van der Waals surface area contributed by atoms with Crippen LogP contribution in [0.25, 0.3) is 0 Å². The molecule has 0 radical (unpaired) electrons. The van der Waals surface area contributed by atoms with Crippen LogP contribution in [0.4, 0.5) is 0 Å². The van der Waals surface area contributed by atoms with E-state index in [2.05, 4.69) is 45.1 Å². The van der Waals surface area contributed by atoms with Crippen LogP contribution >= 0.6 is 0 Å². The van der Waals surface area contributed by atoms with Gasteiger partial charge in [0, 0.05) is 24.8 Å². The van der Waals surface area contributed by atoms with E-state index in [1.54, 1.807) is 7.11 Å². The quantitative estimate of drug-likeness (QED) is 0.819. The zero-order valence-electron chi connectivity index (χ0n) is 13.0. The Morgan fingerprint density at radius 2 is 2.00 bits per heavy atom. The molecule has 0 saturated carbocycles. The standard InChI is InChI=1S/C16H27NO2/c1-7-19-16(4,5)11-17-13(3)14-10-12(2)8-9-15(14)18-6/h8-10,13,17H,7,11H2,1-6H3. The number of ether oxygens (including phenoxy) is 2. The fourth-order valence-electron chi connectivity index (χ4n) is 2.14. The lowest BCUT2D eigenvalue weighted by molar-refractivity contribution is -0.0103. The van der Waals surface area contributed by atoms with E-state index >= 15 is 0 Å². The maximum absolute atomic E-state index is 5.70. The van der Waals surface area contributed by atoms with Crippen molar-refractivity contribution in [2.75, 3.05) is 20.3 Å². The molecule has 19 heavy (non-hydrogen) atoms. The third kappa shape index (κ3) is 4.84. The summed E-state index contributed by atoms with van der Waals surface area (Å²) < 4.78 is 11.1. The summed E-state index contributed by atoms with van der Waals surface area (Å²) >= 11 is 0. The smallest absolute Gasteiger partial charge is 0.123 e. The van der Waals surface area contributed by atoms with Crippen LogP contribution in [0.2, 0.25) is 0 Å². The Balaban J connectivity index is 2.72. The van der Waals surface area contributed by atoms with Crippen LogP contribution in [0, 0.1) is 6.92 Å². The third-order valence-corrected chi connectivity index (χ3v) is 3.22. The van der Waals surface area contributed by atoms with Gasteiger partial charge in [0.25, 0.3) is 0 Å². The second-order valence-electron chi connectivity index (χ2n) is 5.54. The zero-order valence-corrected chi connectivity index (χ0v) is 13.0. The first-order valence-corrected chi connectivity index (χ1v) is 6.91. The Labute approximate surface area is 117 Å². The summed E-state index contributed by atoms with van der Waals surface area (Å²) in [6.07, 6.45) is 0. The van der Waals surface area contributed by atoms with Crippen molar-refractivity contribution in [3.05, 3.63) is 29.3 Å². The van der Waals surface area contributed by atoms with Gasteiger partial charge >= 0.3 is 0 Å². The average molecular weight is 265 g/mol. The van der Waals surface area contributed by atoms with Crippen molar-refractivity contribution in [3.8, 4) is 5.75 Å². The molecule has 1 rings (SSSR count). The second-order valence-corrected chi connectivity index (χ2v) is 5.54. The van der Waals surface area contributed by atoms with Crippen molar-refractivity contribution < 1.29 is 9.47 Å². The Morgan fingerprint density at radius 1 is 1.32 bits per heavy atom. The van der Waals surface area contributed by atoms with E-state index in [4.69, 9.17) is 9.47 Å². The van der Waals surface area contributed by atoms with Crippen molar-refractivity contribution in [2.45, 2.75) is 46.3 Å². The summed E-state index contributed by atoms with van der Waals surface area (Å²) in [6.45, 7) is 12.0. The van der Waals surface area contributed by atoms with Gasteiger partial charge in [-0.25, -0.2) is 0 Å². The molecule has 0 spiro atoms. The lowest BCUT2D eigenvalue weighted by atomic mass is 10.0. The normalized spacial score (nSPS) is 13.4. The summed E-state index contributed by atoms with van der Waals surface area (Å²) in [5.41, 5.74) is 2.28. The van der Waals surface area contributed by atoms with E-state index in [0.717, 1.165) is 18.9 Å². The number of hydrogen-bond acceptors (Lipinski definition) is 3. The highest BCUT2D eigenvalue weighted by Gasteiger charge is 2.20. The van der Waals surface area contributed by atoms with Gasteiger partial charge in [-0.05, 0) is 40.7 Å². The first-order valence-electron chi connectivity index (χ1n) is 6.91. The maximum atomic E-state index is 5.70. The van der Waals surface area contributed by atoms with Crippen LogP contribution < -0.4 is 10.1 Å². The Morgan fingerprint density at radius 3 is 2.58 bits per heavy atom. The van der Waals surface area contributed by atoms with E-state index in [9.17, 15) is 0 Å². The molecule has 0 amide bonds. The first-order chi connectivity index (χ1) is 8.89. The van der Waals surface area contributed by atoms with Gasteiger partial charge < -0.3 is 14.8 Å². The lowest BCUT2D eigenvalue weighted by Crippen LogP contribution is -2.38. The van der Waals surface area contributed by atoms with Gasteiger partial charge in [0.05, 0.1) is 12.7 Å². The molecular weight excluding hydrogens is 238 g/mol. The number of methoxy groups -OCH3 is 1. The minimum absolute atomic E-state index is 0.153. The molecule has 0 heterocycles. The highest BCUT2D eigenvalue weighted by molar-refractivity contribution is 5.38. The van der Waals surface area contributed by atoms with Crippen molar-refractivity contribution >= 4 is 0 Å². The van der Waals surface area contributed by atoms with Gasteiger partial charge in [0.1, 0.15) is 5.75 Å². The topological polar surface area (TPSA) is 30.5 Å². The highest BCUT2D eigenvalue weighted by Crippen LogP contribution is 2.26. The molecule has 0 aliphatic rings. The van der Waals surface area contributed by atoms with Crippen molar-refractivity contribution in [3.63, 3.8) is 0 Å². The minimum atomic E-state index is -0.153. The molecular formula is C16H27NO2. The summed E-state index contributed by atoms with van der Waals surface area (Å²) in [4.78, 5) is 0. The monoisotopic (exact) mass is 265 g/mol. The number of aryl methyl sites for hydroxylation is 1. The van der Waals surface area contributed by atoms with Gasteiger partial charge in [-0.15, -0.1) is 0 Å². The molecule has 0 aliphatic heterocycles. The van der Waals surface area contributed by atoms with E-state index in [1.165, 1.54) is 11.1 Å². The van der Waals surface area contributed by atoms with Crippen LogP contribution in [-0.2, 0) is 4.74 Å². The maximum Gasteiger partial charge on any atom is 0.123 e. The van der Waals surface area contributed by atoms with E-state index in [0.29, 0.717) is 0 Å². The first kappa shape index (κ1) is 16.0. The van der Waals surface area contributed by atoms with E-state index < -0.39 is 0 Å². The van der Waals surface area contributed by atoms with Gasteiger partial charge in [-0.1, -0.05) is 17.7 Å².